The van der Waals surface area contributed by atoms with Gasteiger partial charge in [-0.3, -0.25) is 9.29 Å². The third-order valence-electron chi connectivity index (χ3n) is 6.99. The Morgan fingerprint density at radius 3 is 2.30 bits per heavy atom. The molecule has 1 spiro atoms. The highest BCUT2D eigenvalue weighted by molar-refractivity contribution is 7.92. The number of benzene rings is 2. The molecule has 7 nitrogen and oxygen atoms in total. The van der Waals surface area contributed by atoms with E-state index in [9.17, 15) is 26.4 Å². The first-order chi connectivity index (χ1) is 17.6. The van der Waals surface area contributed by atoms with Crippen LogP contribution in [0.3, 0.4) is 0 Å². The molecular weight excluding hydrogens is 507 g/mol. The molecule has 0 saturated carbocycles. The van der Waals surface area contributed by atoms with Crippen LogP contribution in [0.5, 0.6) is 0 Å². The molecule has 0 unspecified atom stereocenters. The van der Waals surface area contributed by atoms with Gasteiger partial charge in [-0.05, 0) is 42.2 Å². The first kappa shape index (κ1) is 25.1. The predicted octanol–water partition coefficient (Wildman–Crippen LogP) is 4.98. The van der Waals surface area contributed by atoms with E-state index in [1.807, 2.05) is 42.5 Å². The van der Waals surface area contributed by atoms with Crippen molar-refractivity contribution in [2.24, 2.45) is 0 Å². The molecule has 2 aliphatic heterocycles. The maximum atomic E-state index is 13.5. The van der Waals surface area contributed by atoms with Crippen LogP contribution >= 0.6 is 0 Å². The maximum Gasteiger partial charge on any atom is 0.433 e. The highest BCUT2D eigenvalue weighted by Crippen LogP contribution is 2.48. The van der Waals surface area contributed by atoms with Crippen LogP contribution < -0.4 is 4.31 Å². The van der Waals surface area contributed by atoms with Gasteiger partial charge in [-0.2, -0.15) is 13.2 Å². The van der Waals surface area contributed by atoms with Crippen molar-refractivity contribution in [1.29, 1.82) is 0 Å². The Morgan fingerprint density at radius 1 is 0.973 bits per heavy atom. The average molecular weight is 532 g/mol. The zero-order chi connectivity index (χ0) is 26.3. The van der Waals surface area contributed by atoms with E-state index in [1.54, 1.807) is 17.0 Å². The van der Waals surface area contributed by atoms with Crippen LogP contribution in [-0.4, -0.2) is 44.0 Å². The fourth-order valence-corrected chi connectivity index (χ4v) is 6.50. The number of para-hydroxylation sites is 1. The second-order valence-electron chi connectivity index (χ2n) is 9.21. The molecule has 2 aromatic carbocycles. The number of likely N-dealkylation sites (tertiary alicyclic amines) is 1. The number of halogens is 3. The predicted molar refractivity (Wildman–Crippen MR) is 129 cm³/mol. The molecule has 1 aromatic heterocycles. The SMILES string of the molecule is O=C(OCc1ccccc1)N1CCC2(CC1)CN(S(=O)(=O)c1ccc(C(F)(F)F)nc1)c1ccccc12. The second kappa shape index (κ2) is 9.37. The topological polar surface area (TPSA) is 79.8 Å². The molecule has 1 fully saturated rings. The van der Waals surface area contributed by atoms with Crippen molar-refractivity contribution in [1.82, 2.24) is 9.88 Å². The summed E-state index contributed by atoms with van der Waals surface area (Å²) < 4.78 is 72.4. The summed E-state index contributed by atoms with van der Waals surface area (Å²) in [4.78, 5) is 17.3. The van der Waals surface area contributed by atoms with Crippen molar-refractivity contribution in [3.05, 3.63) is 89.7 Å². The number of hydrogen-bond acceptors (Lipinski definition) is 5. The molecule has 37 heavy (non-hydrogen) atoms. The Morgan fingerprint density at radius 2 is 1.65 bits per heavy atom. The zero-order valence-electron chi connectivity index (χ0n) is 19.7. The summed E-state index contributed by atoms with van der Waals surface area (Å²) in [5.74, 6) is 0. The molecule has 3 aromatic rings. The van der Waals surface area contributed by atoms with E-state index in [0.29, 0.717) is 37.7 Å². The molecule has 3 heterocycles. The number of pyridine rings is 1. The number of hydrogen-bond donors (Lipinski definition) is 0. The monoisotopic (exact) mass is 531 g/mol. The van der Waals surface area contributed by atoms with Crippen LogP contribution in [0.4, 0.5) is 23.7 Å². The Bertz CT molecular complexity index is 1390. The van der Waals surface area contributed by atoms with Crippen LogP contribution in [0.1, 0.15) is 29.7 Å². The first-order valence-electron chi connectivity index (χ1n) is 11.7. The van der Waals surface area contributed by atoms with Gasteiger partial charge in [0.2, 0.25) is 0 Å². The number of fused-ring (bicyclic) bond motifs is 2. The molecule has 2 aliphatic rings. The van der Waals surface area contributed by atoms with Crippen molar-refractivity contribution in [2.45, 2.75) is 35.9 Å². The number of aromatic nitrogens is 1. The van der Waals surface area contributed by atoms with E-state index >= 15 is 0 Å². The fraction of sp³-hybridized carbons (Fsp3) is 0.308. The number of alkyl halides is 3. The van der Waals surface area contributed by atoms with Crippen LogP contribution in [0.25, 0.3) is 0 Å². The fourth-order valence-electron chi connectivity index (χ4n) is 4.98. The molecule has 11 heteroatoms. The highest BCUT2D eigenvalue weighted by atomic mass is 32.2. The van der Waals surface area contributed by atoms with Crippen LogP contribution in [-0.2, 0) is 33.0 Å². The number of ether oxygens (including phenoxy) is 1. The number of rotatable bonds is 4. The van der Waals surface area contributed by atoms with E-state index in [0.717, 1.165) is 23.4 Å². The molecule has 0 N–H and O–H groups in total. The number of sulfonamides is 1. The third-order valence-corrected chi connectivity index (χ3v) is 8.73. The molecule has 1 amide bonds. The minimum Gasteiger partial charge on any atom is -0.445 e. The number of anilines is 1. The number of piperidine rings is 1. The Labute approximate surface area is 212 Å². The minimum atomic E-state index is -4.66. The number of nitrogens with zero attached hydrogens (tertiary/aromatic N) is 3. The van der Waals surface area contributed by atoms with Crippen molar-refractivity contribution in [3.8, 4) is 0 Å². The molecule has 0 atom stereocenters. The number of amides is 1. The number of carbonyl (C=O) groups is 1. The Balaban J connectivity index is 1.33. The van der Waals surface area contributed by atoms with Gasteiger partial charge in [0.1, 0.15) is 17.2 Å². The lowest BCUT2D eigenvalue weighted by Crippen LogP contribution is -2.48. The van der Waals surface area contributed by atoms with E-state index < -0.39 is 33.4 Å². The molecule has 194 valence electrons. The summed E-state index contributed by atoms with van der Waals surface area (Å²) in [5.41, 5.74) is 0.529. The van der Waals surface area contributed by atoms with E-state index in [2.05, 4.69) is 4.98 Å². The minimum absolute atomic E-state index is 0.128. The molecule has 0 bridgehead atoms. The van der Waals surface area contributed by atoms with E-state index in [4.69, 9.17) is 4.74 Å². The van der Waals surface area contributed by atoms with Gasteiger partial charge in [0.05, 0.1) is 5.69 Å². The van der Waals surface area contributed by atoms with Gasteiger partial charge in [0.25, 0.3) is 10.0 Å². The van der Waals surface area contributed by atoms with Crippen molar-refractivity contribution in [2.75, 3.05) is 23.9 Å². The van der Waals surface area contributed by atoms with Gasteiger partial charge >= 0.3 is 12.3 Å². The zero-order valence-corrected chi connectivity index (χ0v) is 20.5. The van der Waals surface area contributed by atoms with Gasteiger partial charge in [-0.1, -0.05) is 48.5 Å². The van der Waals surface area contributed by atoms with Crippen LogP contribution in [0.2, 0.25) is 0 Å². The second-order valence-corrected chi connectivity index (χ2v) is 11.1. The maximum absolute atomic E-state index is 13.5. The van der Waals surface area contributed by atoms with Crippen LogP contribution in [0, 0.1) is 0 Å². The quantitative estimate of drug-likeness (QED) is 0.475. The summed E-state index contributed by atoms with van der Waals surface area (Å²) in [6, 6.07) is 18.1. The largest absolute Gasteiger partial charge is 0.445 e. The van der Waals surface area contributed by atoms with Crippen molar-refractivity contribution in [3.63, 3.8) is 0 Å². The summed E-state index contributed by atoms with van der Waals surface area (Å²) >= 11 is 0. The van der Waals surface area contributed by atoms with Crippen LogP contribution in [0.15, 0.2) is 77.8 Å². The normalized spacial score (nSPS) is 17.1. The van der Waals surface area contributed by atoms with Gasteiger partial charge in [0.15, 0.2) is 0 Å². The lowest BCUT2D eigenvalue weighted by atomic mass is 9.74. The van der Waals surface area contributed by atoms with Crippen molar-refractivity contribution >= 4 is 21.8 Å². The summed E-state index contributed by atoms with van der Waals surface area (Å²) in [6.45, 7) is 1.06. The highest BCUT2D eigenvalue weighted by Gasteiger charge is 2.49. The number of carbonyl (C=O) groups excluding carboxylic acids is 1. The van der Waals surface area contributed by atoms with Gasteiger partial charge in [-0.25, -0.2) is 13.2 Å². The molecular formula is C26H24F3N3O4S. The van der Waals surface area contributed by atoms with E-state index in [-0.39, 0.29) is 18.0 Å². The Kier molecular flexibility index (Phi) is 6.35. The standard InChI is InChI=1S/C26H24F3N3O4S/c27-26(28,29)23-11-10-20(16-30-23)37(34,35)32-18-25(21-8-4-5-9-22(21)32)12-14-31(15-13-25)24(33)36-17-19-6-2-1-3-7-19/h1-11,16H,12-15,17-18H2. The summed E-state index contributed by atoms with van der Waals surface area (Å²) in [5, 5.41) is 0. The molecule has 0 aliphatic carbocycles. The van der Waals surface area contributed by atoms with Crippen molar-refractivity contribution < 1.29 is 31.1 Å². The Hall–Kier alpha value is -3.60. The smallest absolute Gasteiger partial charge is 0.433 e. The van der Waals surface area contributed by atoms with Gasteiger partial charge < -0.3 is 9.64 Å². The molecule has 0 radical (unpaired) electrons. The lowest BCUT2D eigenvalue weighted by Gasteiger charge is -2.39. The summed E-state index contributed by atoms with van der Waals surface area (Å²) in [7, 11) is -4.16. The van der Waals surface area contributed by atoms with Gasteiger partial charge in [-0.15, -0.1) is 0 Å². The van der Waals surface area contributed by atoms with Gasteiger partial charge in [0, 0.05) is 31.2 Å². The van der Waals surface area contributed by atoms with E-state index in [1.165, 1.54) is 4.31 Å². The first-order valence-corrected chi connectivity index (χ1v) is 13.2. The molecule has 1 saturated heterocycles. The average Bonchev–Trinajstić information content (AvgIpc) is 3.22. The molecule has 5 rings (SSSR count). The summed E-state index contributed by atoms with van der Waals surface area (Å²) in [6.07, 6.45) is -3.31. The third kappa shape index (κ3) is 4.75. The lowest BCUT2D eigenvalue weighted by molar-refractivity contribution is -0.141.